The number of carbonyl (C=O) groups excluding carboxylic acids is 1. The van der Waals surface area contributed by atoms with E-state index in [9.17, 15) is 14.0 Å². The minimum absolute atomic E-state index is 0.0117. The van der Waals surface area contributed by atoms with Gasteiger partial charge >= 0.3 is 0 Å². The van der Waals surface area contributed by atoms with E-state index in [0.29, 0.717) is 22.2 Å². The summed E-state index contributed by atoms with van der Waals surface area (Å²) in [7, 11) is 0. The lowest BCUT2D eigenvalue weighted by molar-refractivity contribution is 0.102. The molecule has 3 rings (SSSR count). The summed E-state index contributed by atoms with van der Waals surface area (Å²) in [5.74, 6) is -1.02. The molecule has 2 aromatic carbocycles. The first-order chi connectivity index (χ1) is 10.6. The predicted molar refractivity (Wildman–Crippen MR) is 83.7 cm³/mol. The van der Waals surface area contributed by atoms with Crippen LogP contribution in [0.5, 0.6) is 0 Å². The SMILES string of the molecule is Cc1ccc(F)cc1NC(=O)c1c[nH]c2ccccc2c1=O. The van der Waals surface area contributed by atoms with E-state index in [1.807, 2.05) is 0 Å². The van der Waals surface area contributed by atoms with Gasteiger partial charge in [-0.2, -0.15) is 0 Å². The van der Waals surface area contributed by atoms with Gasteiger partial charge in [0.05, 0.1) is 0 Å². The summed E-state index contributed by atoms with van der Waals surface area (Å²) in [5, 5.41) is 3.01. The number of para-hydroxylation sites is 1. The Hall–Kier alpha value is -2.95. The molecule has 0 aliphatic carbocycles. The van der Waals surface area contributed by atoms with E-state index in [2.05, 4.69) is 10.3 Å². The number of nitrogens with one attached hydrogen (secondary N) is 2. The molecule has 0 radical (unpaired) electrons. The van der Waals surface area contributed by atoms with Gasteiger partial charge in [-0.1, -0.05) is 18.2 Å². The van der Waals surface area contributed by atoms with E-state index in [0.717, 1.165) is 0 Å². The number of H-pyrrole nitrogens is 1. The molecule has 3 aromatic rings. The number of aromatic amines is 1. The molecule has 0 aliphatic heterocycles. The summed E-state index contributed by atoms with van der Waals surface area (Å²) < 4.78 is 13.3. The molecule has 0 saturated carbocycles. The fraction of sp³-hybridized carbons (Fsp3) is 0.0588. The zero-order chi connectivity index (χ0) is 15.7. The number of aromatic nitrogens is 1. The minimum Gasteiger partial charge on any atom is -0.360 e. The molecule has 4 nitrogen and oxygen atoms in total. The summed E-state index contributed by atoms with van der Waals surface area (Å²) in [6.07, 6.45) is 1.37. The maximum Gasteiger partial charge on any atom is 0.261 e. The van der Waals surface area contributed by atoms with Crippen molar-refractivity contribution in [2.45, 2.75) is 6.92 Å². The van der Waals surface area contributed by atoms with Crippen molar-refractivity contribution >= 4 is 22.5 Å². The molecule has 1 amide bonds. The van der Waals surface area contributed by atoms with E-state index in [4.69, 9.17) is 0 Å². The molecule has 0 aliphatic rings. The summed E-state index contributed by atoms with van der Waals surface area (Å²) in [5.41, 5.74) is 1.35. The van der Waals surface area contributed by atoms with Gasteiger partial charge in [0.2, 0.25) is 5.43 Å². The van der Waals surface area contributed by atoms with Crippen LogP contribution < -0.4 is 10.7 Å². The smallest absolute Gasteiger partial charge is 0.261 e. The van der Waals surface area contributed by atoms with Gasteiger partial charge in [0.1, 0.15) is 11.4 Å². The van der Waals surface area contributed by atoms with Crippen LogP contribution in [0.25, 0.3) is 10.9 Å². The van der Waals surface area contributed by atoms with Crippen molar-refractivity contribution in [1.29, 1.82) is 0 Å². The first-order valence-corrected chi connectivity index (χ1v) is 6.74. The summed E-state index contributed by atoms with van der Waals surface area (Å²) in [6.45, 7) is 1.75. The molecule has 0 atom stereocenters. The molecule has 2 N–H and O–H groups in total. The third-order valence-corrected chi connectivity index (χ3v) is 3.48. The van der Waals surface area contributed by atoms with E-state index >= 15 is 0 Å². The Morgan fingerprint density at radius 2 is 1.95 bits per heavy atom. The lowest BCUT2D eigenvalue weighted by atomic mass is 10.1. The fourth-order valence-electron chi connectivity index (χ4n) is 2.25. The van der Waals surface area contributed by atoms with Crippen LogP contribution in [-0.2, 0) is 0 Å². The number of hydrogen-bond donors (Lipinski definition) is 2. The van der Waals surface area contributed by atoms with Crippen molar-refractivity contribution in [3.63, 3.8) is 0 Å². The number of halogens is 1. The highest BCUT2D eigenvalue weighted by Crippen LogP contribution is 2.17. The number of carbonyl (C=O) groups is 1. The molecule has 1 aromatic heterocycles. The van der Waals surface area contributed by atoms with Gasteiger partial charge in [0, 0.05) is 22.8 Å². The second-order valence-electron chi connectivity index (χ2n) is 4.99. The van der Waals surface area contributed by atoms with Crippen LogP contribution in [0.2, 0.25) is 0 Å². The first kappa shape index (κ1) is 14.0. The standard InChI is InChI=1S/C17H13FN2O2/c1-10-6-7-11(18)8-15(10)20-17(22)13-9-19-14-5-3-2-4-12(14)16(13)21/h2-9H,1H3,(H,19,21)(H,20,22). The number of pyridine rings is 1. The highest BCUT2D eigenvalue weighted by Gasteiger charge is 2.14. The van der Waals surface area contributed by atoms with Crippen molar-refractivity contribution in [2.75, 3.05) is 5.32 Å². The van der Waals surface area contributed by atoms with Crippen molar-refractivity contribution < 1.29 is 9.18 Å². The Labute approximate surface area is 125 Å². The number of hydrogen-bond acceptors (Lipinski definition) is 2. The van der Waals surface area contributed by atoms with Gasteiger partial charge < -0.3 is 10.3 Å². The van der Waals surface area contributed by atoms with Gasteiger partial charge in [-0.3, -0.25) is 9.59 Å². The minimum atomic E-state index is -0.569. The number of amides is 1. The molecule has 5 heteroatoms. The molecule has 0 fully saturated rings. The molecule has 0 saturated heterocycles. The fourth-order valence-corrected chi connectivity index (χ4v) is 2.25. The van der Waals surface area contributed by atoms with E-state index in [1.165, 1.54) is 18.3 Å². The third kappa shape index (κ3) is 2.48. The zero-order valence-electron chi connectivity index (χ0n) is 11.8. The second kappa shape index (κ2) is 5.44. The topological polar surface area (TPSA) is 62.0 Å². The maximum absolute atomic E-state index is 13.3. The lowest BCUT2D eigenvalue weighted by Gasteiger charge is -2.08. The summed E-state index contributed by atoms with van der Waals surface area (Å²) >= 11 is 0. The Kier molecular flexibility index (Phi) is 3.47. The number of aryl methyl sites for hydroxylation is 1. The highest BCUT2D eigenvalue weighted by molar-refractivity contribution is 6.06. The largest absolute Gasteiger partial charge is 0.360 e. The normalized spacial score (nSPS) is 10.6. The van der Waals surface area contributed by atoms with E-state index in [-0.39, 0.29) is 11.0 Å². The second-order valence-corrected chi connectivity index (χ2v) is 4.99. The van der Waals surface area contributed by atoms with Gasteiger partial charge in [-0.15, -0.1) is 0 Å². The quantitative estimate of drug-likeness (QED) is 0.762. The van der Waals surface area contributed by atoms with E-state index in [1.54, 1.807) is 37.3 Å². The van der Waals surface area contributed by atoms with Gasteiger partial charge in [-0.25, -0.2) is 4.39 Å². The Morgan fingerprint density at radius 1 is 1.18 bits per heavy atom. The van der Waals surface area contributed by atoms with Crippen LogP contribution in [0.1, 0.15) is 15.9 Å². The number of rotatable bonds is 2. The van der Waals surface area contributed by atoms with Crippen LogP contribution in [0.3, 0.4) is 0 Å². The molecular formula is C17H13FN2O2. The van der Waals surface area contributed by atoms with Crippen molar-refractivity contribution in [2.24, 2.45) is 0 Å². The third-order valence-electron chi connectivity index (χ3n) is 3.48. The number of anilines is 1. The first-order valence-electron chi connectivity index (χ1n) is 6.74. The lowest BCUT2D eigenvalue weighted by Crippen LogP contribution is -2.22. The van der Waals surface area contributed by atoms with Crippen LogP contribution in [-0.4, -0.2) is 10.9 Å². The average Bonchev–Trinajstić information content (AvgIpc) is 2.51. The van der Waals surface area contributed by atoms with Crippen LogP contribution >= 0.6 is 0 Å². The van der Waals surface area contributed by atoms with Gasteiger partial charge in [-0.05, 0) is 36.8 Å². The zero-order valence-corrected chi connectivity index (χ0v) is 11.8. The molecular weight excluding hydrogens is 283 g/mol. The van der Waals surface area contributed by atoms with Crippen LogP contribution in [0, 0.1) is 12.7 Å². The predicted octanol–water partition coefficient (Wildman–Crippen LogP) is 3.23. The molecule has 22 heavy (non-hydrogen) atoms. The summed E-state index contributed by atoms with van der Waals surface area (Å²) in [6, 6.07) is 11.0. The Morgan fingerprint density at radius 3 is 2.77 bits per heavy atom. The summed E-state index contributed by atoms with van der Waals surface area (Å²) in [4.78, 5) is 27.6. The number of benzene rings is 2. The maximum atomic E-state index is 13.3. The van der Waals surface area contributed by atoms with Crippen LogP contribution in [0.4, 0.5) is 10.1 Å². The van der Waals surface area contributed by atoms with Gasteiger partial charge in [0.15, 0.2) is 0 Å². The Bertz CT molecular complexity index is 931. The monoisotopic (exact) mass is 296 g/mol. The van der Waals surface area contributed by atoms with Crippen molar-refractivity contribution in [3.05, 3.63) is 75.8 Å². The van der Waals surface area contributed by atoms with E-state index < -0.39 is 11.7 Å². The van der Waals surface area contributed by atoms with Crippen molar-refractivity contribution in [1.82, 2.24) is 4.98 Å². The molecule has 0 unspecified atom stereocenters. The molecule has 0 spiro atoms. The van der Waals surface area contributed by atoms with Crippen molar-refractivity contribution in [3.8, 4) is 0 Å². The molecule has 110 valence electrons. The average molecular weight is 296 g/mol. The van der Waals surface area contributed by atoms with Gasteiger partial charge in [0.25, 0.3) is 5.91 Å². The van der Waals surface area contributed by atoms with Crippen LogP contribution in [0.15, 0.2) is 53.5 Å². The number of fused-ring (bicyclic) bond motifs is 1. The Balaban J connectivity index is 2.01. The molecule has 1 heterocycles. The highest BCUT2D eigenvalue weighted by atomic mass is 19.1. The molecule has 0 bridgehead atoms.